The van der Waals surface area contributed by atoms with Gasteiger partial charge in [-0.2, -0.15) is 0 Å². The van der Waals surface area contributed by atoms with Gasteiger partial charge in [0.2, 0.25) is 5.43 Å². The summed E-state index contributed by atoms with van der Waals surface area (Å²) in [5.74, 6) is -2.59. The van der Waals surface area contributed by atoms with Crippen LogP contribution in [0.25, 0.3) is 10.9 Å². The highest BCUT2D eigenvalue weighted by molar-refractivity contribution is 5.95. The van der Waals surface area contributed by atoms with Gasteiger partial charge in [-0.25, -0.2) is 13.6 Å². The van der Waals surface area contributed by atoms with Crippen LogP contribution in [0.1, 0.15) is 42.6 Å². The minimum atomic E-state index is -0.913. The van der Waals surface area contributed by atoms with Crippen LogP contribution < -0.4 is 10.3 Å². The van der Waals surface area contributed by atoms with E-state index in [0.717, 1.165) is 24.5 Å². The van der Waals surface area contributed by atoms with Gasteiger partial charge in [0, 0.05) is 18.8 Å². The molecule has 1 aliphatic heterocycles. The van der Waals surface area contributed by atoms with Crippen molar-refractivity contribution in [2.24, 2.45) is 0 Å². The quantitative estimate of drug-likeness (QED) is 0.613. The molecular weight excluding hydrogens is 382 g/mol. The molecule has 0 spiro atoms. The number of carbonyl (C=O) groups is 1. The fourth-order valence-electron chi connectivity index (χ4n) is 3.99. The summed E-state index contributed by atoms with van der Waals surface area (Å²) in [6, 6.07) is 0.429. The highest BCUT2D eigenvalue weighted by Gasteiger charge is 2.34. The fourth-order valence-corrected chi connectivity index (χ4v) is 3.99. The van der Waals surface area contributed by atoms with Crippen LogP contribution in [-0.2, 0) is 4.74 Å². The number of ether oxygens (including phenoxy) is 1. The molecule has 1 aromatic carbocycles. The van der Waals surface area contributed by atoms with Crippen LogP contribution in [0, 0.1) is 11.6 Å². The lowest BCUT2D eigenvalue weighted by Crippen LogP contribution is -2.34. The summed E-state index contributed by atoms with van der Waals surface area (Å²) in [5, 5.41) is 9.43. The van der Waals surface area contributed by atoms with Crippen LogP contribution in [0.2, 0.25) is 0 Å². The Morgan fingerprint density at radius 2 is 2.10 bits per heavy atom. The van der Waals surface area contributed by atoms with Gasteiger partial charge in [0.25, 0.3) is 0 Å². The van der Waals surface area contributed by atoms with E-state index >= 15 is 8.78 Å². The number of aliphatic hydroxyl groups is 1. The highest BCUT2D eigenvalue weighted by Crippen LogP contribution is 2.41. The predicted molar refractivity (Wildman–Crippen MR) is 104 cm³/mol. The maximum atomic E-state index is 15.7. The molecular formula is C21H22F2N2O4. The number of hydrogen-bond acceptors (Lipinski definition) is 5. The van der Waals surface area contributed by atoms with Gasteiger partial charge in [0.15, 0.2) is 5.82 Å². The van der Waals surface area contributed by atoms with E-state index in [1.54, 1.807) is 11.5 Å². The predicted octanol–water partition coefficient (Wildman–Crippen LogP) is 2.92. The van der Waals surface area contributed by atoms with Crippen molar-refractivity contribution in [1.82, 2.24) is 4.57 Å². The molecule has 154 valence electrons. The van der Waals surface area contributed by atoms with Crippen molar-refractivity contribution < 1.29 is 23.4 Å². The summed E-state index contributed by atoms with van der Waals surface area (Å²) >= 11 is 0. The molecule has 2 aliphatic rings. The van der Waals surface area contributed by atoms with Crippen LogP contribution in [-0.4, -0.2) is 41.4 Å². The number of nitrogens with zero attached hydrogens (tertiary/aromatic N) is 2. The van der Waals surface area contributed by atoms with E-state index in [1.807, 2.05) is 0 Å². The van der Waals surface area contributed by atoms with E-state index < -0.39 is 29.1 Å². The maximum Gasteiger partial charge on any atom is 0.343 e. The molecule has 1 saturated heterocycles. The number of anilines is 1. The Morgan fingerprint density at radius 1 is 1.38 bits per heavy atom. The van der Waals surface area contributed by atoms with Gasteiger partial charge in [0.05, 0.1) is 30.2 Å². The monoisotopic (exact) mass is 404 g/mol. The number of esters is 1. The van der Waals surface area contributed by atoms with Crippen LogP contribution in [0.15, 0.2) is 29.2 Å². The largest absolute Gasteiger partial charge is 0.462 e. The maximum absolute atomic E-state index is 15.7. The lowest BCUT2D eigenvalue weighted by atomic mass is 10.1. The molecule has 2 heterocycles. The molecule has 0 bridgehead atoms. The zero-order chi connectivity index (χ0) is 20.9. The summed E-state index contributed by atoms with van der Waals surface area (Å²) in [4.78, 5) is 26.5. The van der Waals surface area contributed by atoms with Gasteiger partial charge >= 0.3 is 5.97 Å². The molecule has 1 saturated carbocycles. The molecule has 1 aliphatic carbocycles. The van der Waals surface area contributed by atoms with E-state index in [0.29, 0.717) is 6.42 Å². The average molecular weight is 404 g/mol. The number of hydrogen-bond donors (Lipinski definition) is 1. The van der Waals surface area contributed by atoms with Crippen molar-refractivity contribution in [1.29, 1.82) is 0 Å². The SMILES string of the molecule is C=C1C[C@H](CO)N(c2c(F)cc3c(=O)c(C(=O)OCC)cn(C4CC4)c3c2F)C1. The van der Waals surface area contributed by atoms with Crippen LogP contribution in [0.3, 0.4) is 0 Å². The number of aliphatic hydroxyl groups excluding tert-OH is 1. The van der Waals surface area contributed by atoms with Crippen molar-refractivity contribution in [3.63, 3.8) is 0 Å². The van der Waals surface area contributed by atoms with Gasteiger partial charge < -0.3 is 19.3 Å². The third-order valence-corrected chi connectivity index (χ3v) is 5.48. The smallest absolute Gasteiger partial charge is 0.343 e. The molecule has 2 aromatic rings. The Kier molecular flexibility index (Phi) is 4.90. The Hall–Kier alpha value is -2.74. The van der Waals surface area contributed by atoms with Crippen LogP contribution in [0.5, 0.6) is 0 Å². The standard InChI is InChI=1S/C21H22F2N2O4/c1-3-29-21(28)15-9-25(12-4-5-12)18-14(20(15)27)7-16(22)19(17(18)23)24-8-11(2)6-13(24)10-26/h7,9,12-13,26H,2-6,8,10H2,1H3/t13-/m1/s1. The number of benzene rings is 1. The van der Waals surface area contributed by atoms with E-state index in [2.05, 4.69) is 6.58 Å². The lowest BCUT2D eigenvalue weighted by Gasteiger charge is -2.27. The van der Waals surface area contributed by atoms with E-state index in [1.165, 1.54) is 11.1 Å². The molecule has 6 nitrogen and oxygen atoms in total. The first kappa shape index (κ1) is 19.6. The molecule has 0 amide bonds. The number of fused-ring (bicyclic) bond motifs is 1. The van der Waals surface area contributed by atoms with Gasteiger partial charge in [-0.3, -0.25) is 4.79 Å². The Balaban J connectivity index is 1.98. The Labute approximate surface area is 166 Å². The number of aromatic nitrogens is 1. The van der Waals surface area contributed by atoms with Gasteiger partial charge in [-0.05, 0) is 32.3 Å². The third-order valence-electron chi connectivity index (χ3n) is 5.48. The summed E-state index contributed by atoms with van der Waals surface area (Å²) in [6.07, 6.45) is 3.29. The zero-order valence-corrected chi connectivity index (χ0v) is 16.1. The zero-order valence-electron chi connectivity index (χ0n) is 16.1. The first-order valence-corrected chi connectivity index (χ1v) is 9.65. The van der Waals surface area contributed by atoms with Crippen molar-refractivity contribution in [3.05, 3.63) is 51.8 Å². The number of carbonyl (C=O) groups excluding carboxylic acids is 1. The molecule has 0 unspecified atom stereocenters. The summed E-state index contributed by atoms with van der Waals surface area (Å²) in [6.45, 7) is 5.52. The molecule has 1 atom stereocenters. The average Bonchev–Trinajstić information content (AvgIpc) is 3.45. The van der Waals surface area contributed by atoms with Crippen molar-refractivity contribution in [2.75, 3.05) is 24.7 Å². The lowest BCUT2D eigenvalue weighted by molar-refractivity contribution is 0.0524. The second-order valence-electron chi connectivity index (χ2n) is 7.57. The fraction of sp³-hybridized carbons (Fsp3) is 0.429. The molecule has 8 heteroatoms. The summed E-state index contributed by atoms with van der Waals surface area (Å²) in [7, 11) is 0. The molecule has 2 fully saturated rings. The molecule has 4 rings (SSSR count). The summed E-state index contributed by atoms with van der Waals surface area (Å²) < 4.78 is 37.2. The first-order valence-electron chi connectivity index (χ1n) is 9.65. The van der Waals surface area contributed by atoms with Gasteiger partial charge in [0.1, 0.15) is 17.1 Å². The first-order chi connectivity index (χ1) is 13.9. The minimum Gasteiger partial charge on any atom is -0.462 e. The molecule has 0 radical (unpaired) electrons. The Morgan fingerprint density at radius 3 is 2.72 bits per heavy atom. The molecule has 29 heavy (non-hydrogen) atoms. The number of halogens is 2. The molecule has 1 N–H and O–H groups in total. The topological polar surface area (TPSA) is 71.8 Å². The third kappa shape index (κ3) is 3.21. The van der Waals surface area contributed by atoms with Gasteiger partial charge in [-0.15, -0.1) is 0 Å². The summed E-state index contributed by atoms with van der Waals surface area (Å²) in [5.41, 5.74) is -0.547. The van der Waals surface area contributed by atoms with Crippen molar-refractivity contribution in [2.45, 2.75) is 38.3 Å². The normalized spacial score (nSPS) is 19.2. The van der Waals surface area contributed by atoms with Crippen LogP contribution >= 0.6 is 0 Å². The number of pyridine rings is 1. The second kappa shape index (κ2) is 7.26. The van der Waals surface area contributed by atoms with Crippen molar-refractivity contribution >= 4 is 22.6 Å². The number of rotatable bonds is 5. The highest BCUT2D eigenvalue weighted by atomic mass is 19.1. The van der Waals surface area contributed by atoms with Crippen molar-refractivity contribution in [3.8, 4) is 0 Å². The van der Waals surface area contributed by atoms with E-state index in [9.17, 15) is 14.7 Å². The Bertz CT molecular complexity index is 1070. The molecule has 1 aromatic heterocycles. The second-order valence-corrected chi connectivity index (χ2v) is 7.57. The minimum absolute atomic E-state index is 0.0313. The van der Waals surface area contributed by atoms with E-state index in [4.69, 9.17) is 4.74 Å². The van der Waals surface area contributed by atoms with E-state index in [-0.39, 0.29) is 48.0 Å². The van der Waals surface area contributed by atoms with Crippen LogP contribution in [0.4, 0.5) is 14.5 Å². The van der Waals surface area contributed by atoms with Gasteiger partial charge in [-0.1, -0.05) is 12.2 Å².